The van der Waals surface area contributed by atoms with Crippen LogP contribution in [0.2, 0.25) is 0 Å². The van der Waals surface area contributed by atoms with Crippen molar-refractivity contribution >= 4 is 23.8 Å². The van der Waals surface area contributed by atoms with Crippen LogP contribution in [0.15, 0.2) is 0 Å². The fourth-order valence-corrected chi connectivity index (χ4v) is 0. The van der Waals surface area contributed by atoms with Crippen LogP contribution >= 0.6 is 0 Å². The van der Waals surface area contributed by atoms with Crippen molar-refractivity contribution < 1.29 is 15.4 Å². The van der Waals surface area contributed by atoms with Gasteiger partial charge in [0.1, 0.15) is 0 Å². The Morgan fingerprint density at radius 3 is 1.60 bits per heavy atom. The summed E-state index contributed by atoms with van der Waals surface area (Å²) in [5.41, 5.74) is 0. The van der Waals surface area contributed by atoms with Gasteiger partial charge in [0.2, 0.25) is 0 Å². The molecule has 0 heterocycles. The highest BCUT2D eigenvalue weighted by atomic mass is 27.0. The van der Waals surface area contributed by atoms with E-state index >= 15 is 0 Å². The summed E-state index contributed by atoms with van der Waals surface area (Å²) in [6, 6.07) is 0. The maximum absolute atomic E-state index is 8.36. The van der Waals surface area contributed by atoms with Crippen LogP contribution in [0.1, 0.15) is 0 Å². The molecule has 0 aliphatic rings. The van der Waals surface area contributed by atoms with Crippen LogP contribution in [0, 0.1) is 0 Å². The fraction of sp³-hybridized carbons (Fsp3) is 0. The van der Waals surface area contributed by atoms with E-state index in [0.29, 0.717) is 0 Å². The minimum atomic E-state index is -0.250. The minimum absolute atomic E-state index is 0. The van der Waals surface area contributed by atoms with Crippen LogP contribution in [-0.4, -0.2) is 34.4 Å². The molecule has 0 rings (SSSR count). The van der Waals surface area contributed by atoms with Crippen molar-refractivity contribution in [2.24, 2.45) is 0 Å². The van der Waals surface area contributed by atoms with Crippen LogP contribution in [0.4, 0.5) is 0 Å². The number of hydrogen-bond acceptors (Lipinski definition) is 1. The van der Waals surface area contributed by atoms with E-state index in [0.717, 1.165) is 0 Å². The molecule has 0 aromatic carbocycles. The average molecular weight is 94.0 g/mol. The Hall–Kier alpha value is -0.0375. The molecule has 0 aromatic rings. The zero-order valence-corrected chi connectivity index (χ0v) is 1.93. The molecular formula is CH7AlO3. The molecule has 0 amide bonds. The van der Waals surface area contributed by atoms with Gasteiger partial charge >= 0.3 is 0 Å². The Morgan fingerprint density at radius 2 is 1.60 bits per heavy atom. The van der Waals surface area contributed by atoms with Gasteiger partial charge in [-0.2, -0.15) is 0 Å². The molecule has 0 radical (unpaired) electrons. The highest BCUT2D eigenvalue weighted by Gasteiger charge is 1.22. The molecule has 0 atom stereocenters. The third kappa shape index (κ3) is 10800. The normalized spacial score (nSPS) is 2.40. The molecule has 0 saturated heterocycles. The predicted molar refractivity (Wildman–Crippen MR) is 22.2 cm³/mol. The molecule has 3 nitrogen and oxygen atoms in total. The second kappa shape index (κ2) is 37.5. The monoisotopic (exact) mass is 94.0 g/mol. The van der Waals surface area contributed by atoms with Gasteiger partial charge in [0.15, 0.2) is 17.4 Å². The molecule has 0 fully saturated rings. The van der Waals surface area contributed by atoms with Gasteiger partial charge in [-0.05, 0) is 0 Å². The van der Waals surface area contributed by atoms with Crippen LogP contribution in [0.5, 0.6) is 0 Å². The van der Waals surface area contributed by atoms with Crippen LogP contribution in [0.3, 0.4) is 0 Å². The standard InChI is InChI=1S/CH2O2.Al.H2O.3H/c2-1-3;;;;;/h1H,(H,2,3);;1H2;;;. The van der Waals surface area contributed by atoms with Crippen molar-refractivity contribution in [3.05, 3.63) is 0 Å². The first-order valence-electron chi connectivity index (χ1n) is 0.494. The van der Waals surface area contributed by atoms with Crippen molar-refractivity contribution in [1.29, 1.82) is 0 Å². The SMILES string of the molecule is O.O=CO.[AlH3]. The van der Waals surface area contributed by atoms with E-state index in [1.165, 1.54) is 0 Å². The first kappa shape index (κ1) is 20.2. The second-order valence-corrected chi connectivity index (χ2v) is 0.105. The molecule has 4 heteroatoms. The second-order valence-electron chi connectivity index (χ2n) is 0.105. The zero-order chi connectivity index (χ0) is 2.71. The molecule has 0 aliphatic heterocycles. The van der Waals surface area contributed by atoms with Crippen molar-refractivity contribution in [1.82, 2.24) is 0 Å². The highest BCUT2D eigenvalue weighted by Crippen LogP contribution is 0.966. The summed E-state index contributed by atoms with van der Waals surface area (Å²) in [4.78, 5) is 8.36. The Balaban J connectivity index is -0.0000000200. The lowest BCUT2D eigenvalue weighted by Gasteiger charge is -1.34. The van der Waals surface area contributed by atoms with E-state index in [-0.39, 0.29) is 29.3 Å². The van der Waals surface area contributed by atoms with E-state index in [2.05, 4.69) is 0 Å². The molecule has 0 spiro atoms. The highest BCUT2D eigenvalue weighted by molar-refractivity contribution is 5.75. The van der Waals surface area contributed by atoms with Crippen molar-refractivity contribution in [3.8, 4) is 0 Å². The number of carbonyl (C=O) groups is 1. The lowest BCUT2D eigenvalue weighted by molar-refractivity contribution is -0.122. The largest absolute Gasteiger partial charge is 0.483 e. The Kier molecular flexibility index (Phi) is 152. The molecule has 0 aliphatic carbocycles. The Bertz CT molecular complexity index is 14.4. The lowest BCUT2D eigenvalue weighted by Crippen LogP contribution is -1.49. The van der Waals surface area contributed by atoms with Crippen LogP contribution in [0.25, 0.3) is 0 Å². The molecular weight excluding hydrogens is 87.0 g/mol. The van der Waals surface area contributed by atoms with Gasteiger partial charge in [-0.3, -0.25) is 4.79 Å². The van der Waals surface area contributed by atoms with E-state index in [1.54, 1.807) is 0 Å². The molecule has 0 unspecified atom stereocenters. The summed E-state index contributed by atoms with van der Waals surface area (Å²) in [6.45, 7) is -0.250. The third-order valence-electron chi connectivity index (χ3n) is 0. The quantitative estimate of drug-likeness (QED) is 0.270. The van der Waals surface area contributed by atoms with Gasteiger partial charge in [0.05, 0.1) is 0 Å². The molecule has 0 saturated carbocycles. The first-order chi connectivity index (χ1) is 1.41. The van der Waals surface area contributed by atoms with E-state index in [4.69, 9.17) is 9.90 Å². The van der Waals surface area contributed by atoms with Gasteiger partial charge in [0, 0.05) is 0 Å². The summed E-state index contributed by atoms with van der Waals surface area (Å²) in [5.74, 6) is 0. The predicted octanol–water partition coefficient (Wildman–Crippen LogP) is -2.31. The molecule has 0 aromatic heterocycles. The average Bonchev–Trinajstić information content (AvgIpc) is 0.918. The summed E-state index contributed by atoms with van der Waals surface area (Å²) in [5, 5.41) is 6.89. The maximum Gasteiger partial charge on any atom is 0.290 e. The van der Waals surface area contributed by atoms with Gasteiger partial charge in [-0.15, -0.1) is 0 Å². The van der Waals surface area contributed by atoms with Gasteiger partial charge in [0.25, 0.3) is 6.47 Å². The topological polar surface area (TPSA) is 68.8 Å². The smallest absolute Gasteiger partial charge is 0.290 e. The first-order valence-corrected chi connectivity index (χ1v) is 0.494. The fourth-order valence-electron chi connectivity index (χ4n) is 0. The van der Waals surface area contributed by atoms with Gasteiger partial charge in [-0.25, -0.2) is 0 Å². The minimum Gasteiger partial charge on any atom is -0.483 e. The van der Waals surface area contributed by atoms with E-state index < -0.39 is 0 Å². The van der Waals surface area contributed by atoms with Crippen molar-refractivity contribution in [3.63, 3.8) is 0 Å². The van der Waals surface area contributed by atoms with E-state index in [1.807, 2.05) is 0 Å². The van der Waals surface area contributed by atoms with Gasteiger partial charge in [-0.1, -0.05) is 0 Å². The molecule has 0 bridgehead atoms. The summed E-state index contributed by atoms with van der Waals surface area (Å²) in [6.07, 6.45) is 0. The molecule has 32 valence electrons. The summed E-state index contributed by atoms with van der Waals surface area (Å²) < 4.78 is 0. The van der Waals surface area contributed by atoms with Crippen LogP contribution in [-0.2, 0) is 4.79 Å². The number of hydrogen-bond donors (Lipinski definition) is 1. The summed E-state index contributed by atoms with van der Waals surface area (Å²) >= 11 is 0. The van der Waals surface area contributed by atoms with Crippen LogP contribution < -0.4 is 0 Å². The van der Waals surface area contributed by atoms with Crippen molar-refractivity contribution in [2.45, 2.75) is 0 Å². The van der Waals surface area contributed by atoms with Crippen molar-refractivity contribution in [2.75, 3.05) is 0 Å². The lowest BCUT2D eigenvalue weighted by atomic mass is 11.7. The van der Waals surface area contributed by atoms with E-state index in [9.17, 15) is 0 Å². The number of carboxylic acid groups (broad SMARTS) is 1. The number of rotatable bonds is 0. The molecule has 5 heavy (non-hydrogen) atoms. The Morgan fingerprint density at radius 1 is 1.60 bits per heavy atom. The van der Waals surface area contributed by atoms with Gasteiger partial charge < -0.3 is 10.6 Å². The summed E-state index contributed by atoms with van der Waals surface area (Å²) in [7, 11) is 0. The zero-order valence-electron chi connectivity index (χ0n) is 1.93. The third-order valence-corrected chi connectivity index (χ3v) is 0. The Labute approximate surface area is 40.0 Å². The molecule has 3 N–H and O–H groups in total. The maximum atomic E-state index is 8.36.